The average Bonchev–Trinajstić information content (AvgIpc) is 2.40. The summed E-state index contributed by atoms with van der Waals surface area (Å²) in [5.41, 5.74) is 1.20. The van der Waals surface area contributed by atoms with Gasteiger partial charge in [0.15, 0.2) is 0 Å². The highest BCUT2D eigenvalue weighted by Crippen LogP contribution is 2.30. The van der Waals surface area contributed by atoms with Crippen molar-refractivity contribution in [3.05, 3.63) is 54.6 Å². The molecule has 0 aliphatic carbocycles. The number of ether oxygens (including phenoxy) is 1. The lowest BCUT2D eigenvalue weighted by molar-refractivity contribution is 0.262. The molecule has 2 aromatic rings. The molecule has 2 nitrogen and oxygen atoms in total. The fourth-order valence-corrected chi connectivity index (χ4v) is 2.11. The Morgan fingerprint density at radius 3 is 2.60 bits per heavy atom. The summed E-state index contributed by atoms with van der Waals surface area (Å²) in [5, 5.41) is 2.40. The van der Waals surface area contributed by atoms with Crippen LogP contribution >= 0.6 is 12.4 Å². The van der Waals surface area contributed by atoms with Crippen molar-refractivity contribution in [1.29, 1.82) is 0 Å². The van der Waals surface area contributed by atoms with Gasteiger partial charge in [0.25, 0.3) is 0 Å². The molecule has 0 heterocycles. The van der Waals surface area contributed by atoms with Gasteiger partial charge >= 0.3 is 0 Å². The minimum Gasteiger partial charge on any atom is -0.491 e. The molecular formula is C17H22ClNO. The predicted molar refractivity (Wildman–Crippen MR) is 89.1 cm³/mol. The van der Waals surface area contributed by atoms with E-state index < -0.39 is 0 Å². The Morgan fingerprint density at radius 1 is 1.15 bits per heavy atom. The molecule has 0 saturated heterocycles. The summed E-state index contributed by atoms with van der Waals surface area (Å²) in [6.07, 6.45) is 2.76. The van der Waals surface area contributed by atoms with E-state index in [1.54, 1.807) is 0 Å². The molecule has 3 heteroatoms. The zero-order chi connectivity index (χ0) is 13.7. The van der Waals surface area contributed by atoms with E-state index in [0.29, 0.717) is 6.61 Å². The molecule has 0 fully saturated rings. The number of hydrogen-bond donors (Lipinski definition) is 0. The van der Waals surface area contributed by atoms with E-state index in [1.165, 1.54) is 16.3 Å². The Bertz CT molecular complexity index is 566. The summed E-state index contributed by atoms with van der Waals surface area (Å²) >= 11 is 0. The quantitative estimate of drug-likeness (QED) is 0.748. The summed E-state index contributed by atoms with van der Waals surface area (Å²) in [5.74, 6) is 1.000. The second-order valence-corrected chi connectivity index (χ2v) is 4.92. The van der Waals surface area contributed by atoms with Gasteiger partial charge in [-0.25, -0.2) is 0 Å². The van der Waals surface area contributed by atoms with Gasteiger partial charge in [-0.05, 0) is 31.5 Å². The number of likely N-dealkylation sites (N-methyl/N-ethyl adjacent to an activating group) is 1. The standard InChI is InChI=1S/C17H21NO.ClH/c1-4-7-15-11-10-14-8-5-6-9-16(14)17(15)19-13-12-18(2)3;/h4-6,8-11H,1,7,12-13H2,2-3H3;1H. The Hall–Kier alpha value is -1.51. The maximum atomic E-state index is 6.02. The lowest BCUT2D eigenvalue weighted by Crippen LogP contribution is -2.19. The summed E-state index contributed by atoms with van der Waals surface area (Å²) in [6.45, 7) is 5.43. The Kier molecular flexibility index (Phi) is 6.56. The zero-order valence-corrected chi connectivity index (χ0v) is 13.0. The average molecular weight is 292 g/mol. The van der Waals surface area contributed by atoms with Crippen molar-refractivity contribution < 1.29 is 4.74 Å². The first-order valence-corrected chi connectivity index (χ1v) is 6.61. The van der Waals surface area contributed by atoms with E-state index in [9.17, 15) is 0 Å². The van der Waals surface area contributed by atoms with Crippen molar-refractivity contribution in [2.24, 2.45) is 0 Å². The lowest BCUT2D eigenvalue weighted by atomic mass is 10.0. The van der Waals surface area contributed by atoms with Gasteiger partial charge in [-0.15, -0.1) is 19.0 Å². The minimum atomic E-state index is 0. The van der Waals surface area contributed by atoms with E-state index in [4.69, 9.17) is 4.74 Å². The number of hydrogen-bond acceptors (Lipinski definition) is 2. The Balaban J connectivity index is 0.00000200. The molecule has 0 aliphatic rings. The second kappa shape index (κ2) is 7.93. The molecule has 0 N–H and O–H groups in total. The fraction of sp³-hybridized carbons (Fsp3) is 0.294. The van der Waals surface area contributed by atoms with Crippen LogP contribution in [0.4, 0.5) is 0 Å². The summed E-state index contributed by atoms with van der Waals surface area (Å²) in [4.78, 5) is 2.12. The molecule has 20 heavy (non-hydrogen) atoms. The molecule has 0 amide bonds. The molecule has 2 aromatic carbocycles. The highest BCUT2D eigenvalue weighted by atomic mass is 35.5. The summed E-state index contributed by atoms with van der Waals surface area (Å²) in [7, 11) is 4.11. The van der Waals surface area contributed by atoms with Crippen molar-refractivity contribution in [3.8, 4) is 5.75 Å². The van der Waals surface area contributed by atoms with E-state index in [1.807, 2.05) is 6.08 Å². The number of rotatable bonds is 6. The van der Waals surface area contributed by atoms with Crippen LogP contribution in [0.3, 0.4) is 0 Å². The van der Waals surface area contributed by atoms with Crippen LogP contribution in [-0.2, 0) is 6.42 Å². The third-order valence-corrected chi connectivity index (χ3v) is 3.11. The van der Waals surface area contributed by atoms with E-state index in [0.717, 1.165) is 18.7 Å². The van der Waals surface area contributed by atoms with Crippen molar-refractivity contribution >= 4 is 23.2 Å². The number of halogens is 1. The van der Waals surface area contributed by atoms with Crippen LogP contribution in [0.5, 0.6) is 5.75 Å². The minimum absolute atomic E-state index is 0. The van der Waals surface area contributed by atoms with Gasteiger partial charge in [0.2, 0.25) is 0 Å². The third kappa shape index (κ3) is 3.99. The van der Waals surface area contributed by atoms with Crippen LogP contribution in [0, 0.1) is 0 Å². The molecule has 0 aromatic heterocycles. The van der Waals surface area contributed by atoms with Crippen LogP contribution in [0.25, 0.3) is 10.8 Å². The Morgan fingerprint density at radius 2 is 1.90 bits per heavy atom. The maximum absolute atomic E-state index is 6.02. The lowest BCUT2D eigenvalue weighted by Gasteiger charge is -2.15. The molecule has 0 saturated carbocycles. The molecule has 0 aliphatic heterocycles. The first-order valence-electron chi connectivity index (χ1n) is 6.61. The van der Waals surface area contributed by atoms with Crippen molar-refractivity contribution in [1.82, 2.24) is 4.90 Å². The monoisotopic (exact) mass is 291 g/mol. The van der Waals surface area contributed by atoms with Crippen LogP contribution in [0.1, 0.15) is 5.56 Å². The van der Waals surface area contributed by atoms with Gasteiger partial charge in [0.05, 0.1) is 0 Å². The largest absolute Gasteiger partial charge is 0.491 e. The van der Waals surface area contributed by atoms with Crippen molar-refractivity contribution in [2.75, 3.05) is 27.2 Å². The third-order valence-electron chi connectivity index (χ3n) is 3.11. The number of nitrogens with zero attached hydrogens (tertiary/aromatic N) is 1. The van der Waals surface area contributed by atoms with Crippen molar-refractivity contribution in [3.63, 3.8) is 0 Å². The molecule has 0 bridgehead atoms. The summed E-state index contributed by atoms with van der Waals surface area (Å²) < 4.78 is 6.02. The first-order chi connectivity index (χ1) is 9.22. The summed E-state index contributed by atoms with van der Waals surface area (Å²) in [6, 6.07) is 12.6. The molecular weight excluding hydrogens is 270 g/mol. The molecule has 0 unspecified atom stereocenters. The molecule has 0 spiro atoms. The highest BCUT2D eigenvalue weighted by Gasteiger charge is 2.08. The van der Waals surface area contributed by atoms with Crippen LogP contribution in [0.2, 0.25) is 0 Å². The molecule has 0 radical (unpaired) electrons. The number of fused-ring (bicyclic) bond motifs is 1. The van der Waals surface area contributed by atoms with Crippen LogP contribution in [0.15, 0.2) is 49.1 Å². The maximum Gasteiger partial charge on any atom is 0.130 e. The predicted octanol–water partition coefficient (Wildman–Crippen LogP) is 3.93. The zero-order valence-electron chi connectivity index (χ0n) is 12.1. The van der Waals surface area contributed by atoms with E-state index in [-0.39, 0.29) is 12.4 Å². The van der Waals surface area contributed by atoms with Gasteiger partial charge in [-0.3, -0.25) is 0 Å². The molecule has 108 valence electrons. The highest BCUT2D eigenvalue weighted by molar-refractivity contribution is 5.89. The number of benzene rings is 2. The van der Waals surface area contributed by atoms with Gasteiger partial charge in [0.1, 0.15) is 12.4 Å². The van der Waals surface area contributed by atoms with Gasteiger partial charge in [-0.2, -0.15) is 0 Å². The van der Waals surface area contributed by atoms with E-state index >= 15 is 0 Å². The van der Waals surface area contributed by atoms with Crippen molar-refractivity contribution in [2.45, 2.75) is 6.42 Å². The Labute approximate surface area is 127 Å². The number of allylic oxidation sites excluding steroid dienone is 1. The fourth-order valence-electron chi connectivity index (χ4n) is 2.11. The first kappa shape index (κ1) is 16.5. The van der Waals surface area contributed by atoms with Crippen LogP contribution in [-0.4, -0.2) is 32.1 Å². The van der Waals surface area contributed by atoms with Gasteiger partial charge in [-0.1, -0.05) is 42.5 Å². The topological polar surface area (TPSA) is 12.5 Å². The molecule has 0 atom stereocenters. The van der Waals surface area contributed by atoms with Gasteiger partial charge < -0.3 is 9.64 Å². The van der Waals surface area contributed by atoms with Crippen LogP contribution < -0.4 is 4.74 Å². The van der Waals surface area contributed by atoms with Gasteiger partial charge in [0, 0.05) is 11.9 Å². The smallest absolute Gasteiger partial charge is 0.130 e. The second-order valence-electron chi connectivity index (χ2n) is 4.92. The normalized spacial score (nSPS) is 10.3. The molecule has 2 rings (SSSR count). The van der Waals surface area contributed by atoms with E-state index in [2.05, 4.69) is 62.0 Å². The SMILES string of the molecule is C=CCc1ccc2ccccc2c1OCCN(C)C.Cl.